The first kappa shape index (κ1) is 18.6. The van der Waals surface area contributed by atoms with E-state index in [9.17, 15) is 13.2 Å². The number of carbonyl (C=O) groups excluding carboxylic acids is 1. The van der Waals surface area contributed by atoms with Gasteiger partial charge in [-0.25, -0.2) is 13.2 Å². The standard InChI is InChI=1S/C16H18N4O4S/c1-12-3-5-14(6-4-12)25(22,23)20(2)11-15(21)24-19-16(17)13-7-9-18-10-8-13/h3-10H,11H2,1-2H3,(H2,17,19). The second-order valence-corrected chi connectivity index (χ2v) is 7.29. The summed E-state index contributed by atoms with van der Waals surface area (Å²) in [5.41, 5.74) is 7.14. The molecule has 8 nitrogen and oxygen atoms in total. The Labute approximate surface area is 146 Å². The molecule has 9 heteroatoms. The molecule has 1 heterocycles. The highest BCUT2D eigenvalue weighted by atomic mass is 32.2. The first-order chi connectivity index (χ1) is 11.8. The highest BCUT2D eigenvalue weighted by Crippen LogP contribution is 2.14. The number of hydrogen-bond acceptors (Lipinski definition) is 6. The molecule has 2 aromatic rings. The zero-order valence-corrected chi connectivity index (χ0v) is 14.6. The summed E-state index contributed by atoms with van der Waals surface area (Å²) in [6, 6.07) is 9.51. The van der Waals surface area contributed by atoms with Crippen molar-refractivity contribution < 1.29 is 18.0 Å². The second-order valence-electron chi connectivity index (χ2n) is 5.25. The van der Waals surface area contributed by atoms with Gasteiger partial charge in [0.15, 0.2) is 5.84 Å². The summed E-state index contributed by atoms with van der Waals surface area (Å²) in [6.45, 7) is 1.35. The van der Waals surface area contributed by atoms with Crippen LogP contribution in [0, 0.1) is 6.92 Å². The number of nitrogens with zero attached hydrogens (tertiary/aromatic N) is 3. The Morgan fingerprint density at radius 1 is 1.20 bits per heavy atom. The molecule has 0 bridgehead atoms. The van der Waals surface area contributed by atoms with Crippen LogP contribution < -0.4 is 5.73 Å². The average Bonchev–Trinajstić information content (AvgIpc) is 2.60. The van der Waals surface area contributed by atoms with E-state index < -0.39 is 22.5 Å². The zero-order valence-electron chi connectivity index (χ0n) is 13.8. The quantitative estimate of drug-likeness (QED) is 0.353. The van der Waals surface area contributed by atoms with Gasteiger partial charge in [0.1, 0.15) is 6.54 Å². The smallest absolute Gasteiger partial charge is 0.350 e. The van der Waals surface area contributed by atoms with E-state index in [1.807, 2.05) is 6.92 Å². The molecular weight excluding hydrogens is 344 g/mol. The summed E-state index contributed by atoms with van der Waals surface area (Å²) in [4.78, 5) is 20.4. The number of oxime groups is 1. The van der Waals surface area contributed by atoms with E-state index in [4.69, 9.17) is 5.73 Å². The van der Waals surface area contributed by atoms with Crippen molar-refractivity contribution in [2.45, 2.75) is 11.8 Å². The third-order valence-corrected chi connectivity index (χ3v) is 5.12. The molecule has 2 N–H and O–H groups in total. The first-order valence-electron chi connectivity index (χ1n) is 7.27. The molecule has 0 fully saturated rings. The Bertz CT molecular complexity index is 865. The lowest BCUT2D eigenvalue weighted by atomic mass is 10.2. The normalized spacial score (nSPS) is 12.2. The number of pyridine rings is 1. The highest BCUT2D eigenvalue weighted by molar-refractivity contribution is 7.89. The summed E-state index contributed by atoms with van der Waals surface area (Å²) in [6.07, 6.45) is 3.03. The van der Waals surface area contributed by atoms with Crippen molar-refractivity contribution >= 4 is 21.8 Å². The van der Waals surface area contributed by atoms with E-state index in [-0.39, 0.29) is 10.7 Å². The van der Waals surface area contributed by atoms with Crippen LogP contribution in [0.2, 0.25) is 0 Å². The molecule has 0 aliphatic rings. The van der Waals surface area contributed by atoms with Crippen molar-refractivity contribution in [2.75, 3.05) is 13.6 Å². The monoisotopic (exact) mass is 362 g/mol. The molecular formula is C16H18N4O4S. The maximum atomic E-state index is 12.4. The zero-order chi connectivity index (χ0) is 18.4. The van der Waals surface area contributed by atoms with Gasteiger partial charge in [-0.2, -0.15) is 4.31 Å². The Kier molecular flexibility index (Phi) is 5.84. The van der Waals surface area contributed by atoms with Crippen LogP contribution >= 0.6 is 0 Å². The van der Waals surface area contributed by atoms with Gasteiger partial charge >= 0.3 is 5.97 Å². The largest absolute Gasteiger partial charge is 0.380 e. The molecule has 25 heavy (non-hydrogen) atoms. The number of hydrogen-bond donors (Lipinski definition) is 1. The summed E-state index contributed by atoms with van der Waals surface area (Å²) in [5, 5.41) is 3.51. The van der Waals surface area contributed by atoms with E-state index in [1.165, 1.54) is 31.6 Å². The van der Waals surface area contributed by atoms with Gasteiger partial charge in [-0.1, -0.05) is 22.9 Å². The number of aromatic nitrogens is 1. The third-order valence-electron chi connectivity index (χ3n) is 3.30. The van der Waals surface area contributed by atoms with Crippen LogP contribution in [0.4, 0.5) is 0 Å². The van der Waals surface area contributed by atoms with Crippen molar-refractivity contribution in [1.82, 2.24) is 9.29 Å². The van der Waals surface area contributed by atoms with Gasteiger partial charge in [-0.3, -0.25) is 4.98 Å². The third kappa shape index (κ3) is 4.85. The number of amidine groups is 1. The minimum atomic E-state index is -3.80. The van der Waals surface area contributed by atoms with Crippen LogP contribution in [0.5, 0.6) is 0 Å². The maximum absolute atomic E-state index is 12.4. The van der Waals surface area contributed by atoms with E-state index in [0.29, 0.717) is 5.56 Å². The number of carbonyl (C=O) groups is 1. The minimum absolute atomic E-state index is 0.0141. The van der Waals surface area contributed by atoms with Crippen molar-refractivity contribution in [3.8, 4) is 0 Å². The minimum Gasteiger partial charge on any atom is -0.380 e. The number of sulfonamides is 1. The summed E-state index contributed by atoms with van der Waals surface area (Å²) in [7, 11) is -2.51. The van der Waals surface area contributed by atoms with Crippen LogP contribution in [-0.4, -0.2) is 43.1 Å². The van der Waals surface area contributed by atoms with Crippen molar-refractivity contribution in [3.05, 3.63) is 59.9 Å². The number of likely N-dealkylation sites (N-methyl/N-ethyl adjacent to an activating group) is 1. The topological polar surface area (TPSA) is 115 Å². The molecule has 0 spiro atoms. The molecule has 0 amide bonds. The van der Waals surface area contributed by atoms with Crippen LogP contribution in [0.3, 0.4) is 0 Å². The molecule has 0 saturated heterocycles. The van der Waals surface area contributed by atoms with Crippen LogP contribution in [0.25, 0.3) is 0 Å². The Morgan fingerprint density at radius 2 is 1.80 bits per heavy atom. The molecule has 0 atom stereocenters. The fourth-order valence-electron chi connectivity index (χ4n) is 1.86. The Balaban J connectivity index is 2.01. The van der Waals surface area contributed by atoms with Gasteiger partial charge < -0.3 is 10.6 Å². The number of benzene rings is 1. The highest BCUT2D eigenvalue weighted by Gasteiger charge is 2.23. The van der Waals surface area contributed by atoms with Crippen molar-refractivity contribution in [2.24, 2.45) is 10.9 Å². The van der Waals surface area contributed by atoms with E-state index in [0.717, 1.165) is 9.87 Å². The van der Waals surface area contributed by atoms with Crippen LogP contribution in [0.15, 0.2) is 58.8 Å². The number of nitrogens with two attached hydrogens (primary N) is 1. The molecule has 1 aromatic carbocycles. The molecule has 0 unspecified atom stereocenters. The molecule has 0 aliphatic heterocycles. The average molecular weight is 362 g/mol. The van der Waals surface area contributed by atoms with Crippen LogP contribution in [0.1, 0.15) is 11.1 Å². The van der Waals surface area contributed by atoms with E-state index in [1.54, 1.807) is 24.3 Å². The molecule has 132 valence electrons. The molecule has 0 saturated carbocycles. The molecule has 0 radical (unpaired) electrons. The van der Waals surface area contributed by atoms with Crippen molar-refractivity contribution in [1.29, 1.82) is 0 Å². The number of rotatable bonds is 6. The molecule has 0 aliphatic carbocycles. The lowest BCUT2D eigenvalue weighted by Crippen LogP contribution is -2.32. The molecule has 2 rings (SSSR count). The lowest BCUT2D eigenvalue weighted by Gasteiger charge is -2.15. The van der Waals surface area contributed by atoms with Crippen LogP contribution in [-0.2, 0) is 19.7 Å². The SMILES string of the molecule is Cc1ccc(S(=O)(=O)N(C)CC(=O)O/N=C(\N)c2ccncc2)cc1. The summed E-state index contributed by atoms with van der Waals surface area (Å²) >= 11 is 0. The number of aryl methyl sites for hydroxylation is 1. The van der Waals surface area contributed by atoms with E-state index >= 15 is 0 Å². The first-order valence-corrected chi connectivity index (χ1v) is 8.71. The Hall–Kier alpha value is -2.78. The molecule has 1 aromatic heterocycles. The van der Waals surface area contributed by atoms with Gasteiger partial charge in [-0.05, 0) is 31.2 Å². The Morgan fingerprint density at radius 3 is 2.40 bits per heavy atom. The fourth-order valence-corrected chi connectivity index (χ4v) is 2.98. The van der Waals surface area contributed by atoms with Gasteiger partial charge in [0.05, 0.1) is 4.90 Å². The summed E-state index contributed by atoms with van der Waals surface area (Å²) in [5.74, 6) is -0.866. The van der Waals surface area contributed by atoms with Gasteiger partial charge in [0.25, 0.3) is 0 Å². The van der Waals surface area contributed by atoms with Gasteiger partial charge in [-0.15, -0.1) is 0 Å². The fraction of sp³-hybridized carbons (Fsp3) is 0.188. The maximum Gasteiger partial charge on any atom is 0.350 e. The lowest BCUT2D eigenvalue weighted by molar-refractivity contribution is -0.143. The van der Waals surface area contributed by atoms with Crippen molar-refractivity contribution in [3.63, 3.8) is 0 Å². The summed E-state index contributed by atoms with van der Waals surface area (Å²) < 4.78 is 25.7. The van der Waals surface area contributed by atoms with Gasteiger partial charge in [0, 0.05) is 25.0 Å². The predicted octanol–water partition coefficient (Wildman–Crippen LogP) is 0.874. The second kappa shape index (κ2) is 7.86. The van der Waals surface area contributed by atoms with Gasteiger partial charge in [0.2, 0.25) is 10.0 Å². The predicted molar refractivity (Wildman–Crippen MR) is 92.0 cm³/mol. The van der Waals surface area contributed by atoms with E-state index in [2.05, 4.69) is 15.0 Å².